The van der Waals surface area contributed by atoms with Crippen LogP contribution in [0.5, 0.6) is 0 Å². The normalized spacial score (nSPS) is 21.0. The molecule has 0 aromatic heterocycles. The Labute approximate surface area is 155 Å². The van der Waals surface area contributed by atoms with Crippen molar-refractivity contribution in [3.63, 3.8) is 0 Å². The van der Waals surface area contributed by atoms with Gasteiger partial charge in [0, 0.05) is 11.8 Å². The zero-order chi connectivity index (χ0) is 19.0. The van der Waals surface area contributed by atoms with Gasteiger partial charge in [-0.1, -0.05) is 55.5 Å². The highest BCUT2D eigenvalue weighted by atomic mass is 16.5. The molecule has 0 fully saturated rings. The molecule has 2 aliphatic carbocycles. The number of allylic oxidation sites excluding steroid dienone is 8. The van der Waals surface area contributed by atoms with E-state index in [1.807, 2.05) is 24.3 Å². The third-order valence-electron chi connectivity index (χ3n) is 4.90. The van der Waals surface area contributed by atoms with Crippen LogP contribution in [0, 0.1) is 17.3 Å². The fourth-order valence-electron chi connectivity index (χ4n) is 3.27. The number of methoxy groups -OCH3 is 2. The smallest absolute Gasteiger partial charge is 0.327 e. The van der Waals surface area contributed by atoms with Crippen LogP contribution in [0.2, 0.25) is 0 Å². The Hall–Kier alpha value is -2.58. The van der Waals surface area contributed by atoms with Crippen LogP contribution in [0.25, 0.3) is 0 Å². The Kier molecular flexibility index (Phi) is 6.99. The van der Waals surface area contributed by atoms with E-state index in [1.165, 1.54) is 14.2 Å². The van der Waals surface area contributed by atoms with Crippen molar-refractivity contribution in [3.8, 4) is 0 Å². The molecule has 0 aromatic rings. The Balaban J connectivity index is 2.53. The molecule has 4 heteroatoms. The minimum atomic E-state index is -1.48. The lowest BCUT2D eigenvalue weighted by molar-refractivity contribution is -0.165. The van der Waals surface area contributed by atoms with Gasteiger partial charge < -0.3 is 9.47 Å². The SMILES string of the molecule is CCC(C=C=C(C1C=CC=CC1)C1C=CC=CC1)(C(=O)OC)C(=O)OC. The van der Waals surface area contributed by atoms with E-state index in [2.05, 4.69) is 30.0 Å². The molecule has 2 atom stereocenters. The molecule has 0 aliphatic heterocycles. The number of carbonyl (C=O) groups is 2. The predicted molar refractivity (Wildman–Crippen MR) is 101 cm³/mol. The third-order valence-corrected chi connectivity index (χ3v) is 4.90. The van der Waals surface area contributed by atoms with Crippen LogP contribution in [0.3, 0.4) is 0 Å². The predicted octanol–water partition coefficient (Wildman–Crippen LogP) is 4.07. The summed E-state index contributed by atoms with van der Waals surface area (Å²) in [4.78, 5) is 24.8. The second kappa shape index (κ2) is 9.21. The standard InChI is InChI=1S/C22H26O4/c1-4-22(20(23)25-2,21(24)26-3)16-15-19(17-11-7-5-8-12-17)18-13-9-6-10-14-18/h5-11,13,16-18H,4,12,14H2,1-3H3. The first-order chi connectivity index (χ1) is 12.6. The van der Waals surface area contributed by atoms with Gasteiger partial charge in [0.25, 0.3) is 0 Å². The van der Waals surface area contributed by atoms with E-state index in [-0.39, 0.29) is 18.3 Å². The molecular weight excluding hydrogens is 328 g/mol. The Morgan fingerprint density at radius 1 is 1.00 bits per heavy atom. The van der Waals surface area contributed by atoms with Gasteiger partial charge in [-0.25, -0.2) is 0 Å². The topological polar surface area (TPSA) is 52.6 Å². The third kappa shape index (κ3) is 4.14. The molecule has 0 spiro atoms. The quantitative estimate of drug-likeness (QED) is 0.410. The summed E-state index contributed by atoms with van der Waals surface area (Å²) in [5, 5.41) is 0. The molecule has 2 rings (SSSR count). The van der Waals surface area contributed by atoms with E-state index in [1.54, 1.807) is 13.0 Å². The van der Waals surface area contributed by atoms with Crippen LogP contribution >= 0.6 is 0 Å². The van der Waals surface area contributed by atoms with Gasteiger partial charge in [-0.3, -0.25) is 9.59 Å². The monoisotopic (exact) mass is 354 g/mol. The van der Waals surface area contributed by atoms with E-state index in [9.17, 15) is 9.59 Å². The number of hydrogen-bond donors (Lipinski definition) is 0. The van der Waals surface area contributed by atoms with Gasteiger partial charge in [-0.15, -0.1) is 5.73 Å². The lowest BCUT2D eigenvalue weighted by atomic mass is 9.79. The summed E-state index contributed by atoms with van der Waals surface area (Å²) in [6, 6.07) is 0. The van der Waals surface area contributed by atoms with Gasteiger partial charge in [0.15, 0.2) is 5.41 Å². The van der Waals surface area contributed by atoms with Gasteiger partial charge in [0.1, 0.15) is 0 Å². The maximum absolute atomic E-state index is 12.4. The summed E-state index contributed by atoms with van der Waals surface area (Å²) in [7, 11) is 2.55. The molecule has 2 aliphatic rings. The lowest BCUT2D eigenvalue weighted by Gasteiger charge is -2.25. The molecule has 0 amide bonds. The highest BCUT2D eigenvalue weighted by molar-refractivity contribution is 6.02. The molecule has 2 unspecified atom stereocenters. The molecule has 0 bridgehead atoms. The van der Waals surface area contributed by atoms with Crippen molar-refractivity contribution in [2.45, 2.75) is 26.2 Å². The first-order valence-electron chi connectivity index (χ1n) is 8.90. The summed E-state index contributed by atoms with van der Waals surface area (Å²) < 4.78 is 9.76. The molecule has 0 heterocycles. The van der Waals surface area contributed by atoms with Crippen molar-refractivity contribution in [3.05, 3.63) is 66.0 Å². The number of hydrogen-bond acceptors (Lipinski definition) is 4. The van der Waals surface area contributed by atoms with Crippen molar-refractivity contribution in [2.75, 3.05) is 14.2 Å². The second-order valence-corrected chi connectivity index (χ2v) is 6.36. The van der Waals surface area contributed by atoms with Gasteiger partial charge in [0.2, 0.25) is 0 Å². The van der Waals surface area contributed by atoms with Crippen molar-refractivity contribution in [2.24, 2.45) is 17.3 Å². The van der Waals surface area contributed by atoms with Crippen LogP contribution in [0.1, 0.15) is 26.2 Å². The first kappa shape index (κ1) is 19.7. The molecule has 0 aromatic carbocycles. The zero-order valence-corrected chi connectivity index (χ0v) is 15.6. The van der Waals surface area contributed by atoms with Crippen LogP contribution in [-0.2, 0) is 19.1 Å². The average Bonchev–Trinajstić information content (AvgIpc) is 2.71. The molecule has 0 saturated carbocycles. The van der Waals surface area contributed by atoms with E-state index in [0.717, 1.165) is 18.4 Å². The van der Waals surface area contributed by atoms with Gasteiger partial charge in [-0.2, -0.15) is 0 Å². The lowest BCUT2D eigenvalue weighted by Crippen LogP contribution is -2.39. The number of rotatable bonds is 6. The highest BCUT2D eigenvalue weighted by Crippen LogP contribution is 2.33. The minimum Gasteiger partial charge on any atom is -0.468 e. The van der Waals surface area contributed by atoms with Crippen LogP contribution in [-0.4, -0.2) is 26.2 Å². The summed E-state index contributed by atoms with van der Waals surface area (Å²) in [5.74, 6) is -0.891. The number of ether oxygens (including phenoxy) is 2. The molecule has 0 N–H and O–H groups in total. The molecule has 26 heavy (non-hydrogen) atoms. The van der Waals surface area contributed by atoms with Crippen molar-refractivity contribution < 1.29 is 19.1 Å². The van der Waals surface area contributed by atoms with Gasteiger partial charge >= 0.3 is 11.9 Å². The van der Waals surface area contributed by atoms with E-state index in [4.69, 9.17) is 9.47 Å². The summed E-state index contributed by atoms with van der Waals surface area (Å²) in [5.41, 5.74) is 2.88. The van der Waals surface area contributed by atoms with E-state index < -0.39 is 17.4 Å². The molecule has 138 valence electrons. The van der Waals surface area contributed by atoms with Crippen LogP contribution in [0.15, 0.2) is 66.0 Å². The zero-order valence-electron chi connectivity index (χ0n) is 15.6. The number of carbonyl (C=O) groups excluding carboxylic acids is 2. The summed E-state index contributed by atoms with van der Waals surface area (Å²) in [6.07, 6.45) is 20.1. The fraction of sp³-hybridized carbons (Fsp3) is 0.409. The van der Waals surface area contributed by atoms with Crippen molar-refractivity contribution >= 4 is 11.9 Å². The second-order valence-electron chi connectivity index (χ2n) is 6.36. The molecule has 0 radical (unpaired) electrons. The molecular formula is C22H26O4. The maximum atomic E-state index is 12.4. The van der Waals surface area contributed by atoms with Crippen LogP contribution in [0.4, 0.5) is 0 Å². The Morgan fingerprint density at radius 2 is 1.50 bits per heavy atom. The number of esters is 2. The maximum Gasteiger partial charge on any atom is 0.327 e. The molecule has 4 nitrogen and oxygen atoms in total. The van der Waals surface area contributed by atoms with Crippen molar-refractivity contribution in [1.29, 1.82) is 0 Å². The minimum absolute atomic E-state index is 0.183. The first-order valence-corrected chi connectivity index (χ1v) is 8.90. The fourth-order valence-corrected chi connectivity index (χ4v) is 3.27. The molecule has 0 saturated heterocycles. The highest BCUT2D eigenvalue weighted by Gasteiger charge is 2.45. The van der Waals surface area contributed by atoms with Crippen LogP contribution < -0.4 is 0 Å². The van der Waals surface area contributed by atoms with E-state index >= 15 is 0 Å². The average molecular weight is 354 g/mol. The summed E-state index contributed by atoms with van der Waals surface area (Å²) >= 11 is 0. The van der Waals surface area contributed by atoms with Gasteiger partial charge in [0.05, 0.1) is 14.2 Å². The Morgan fingerprint density at radius 3 is 1.85 bits per heavy atom. The summed E-state index contributed by atoms with van der Waals surface area (Å²) in [6.45, 7) is 1.76. The van der Waals surface area contributed by atoms with Gasteiger partial charge in [-0.05, 0) is 30.9 Å². The van der Waals surface area contributed by atoms with Crippen molar-refractivity contribution in [1.82, 2.24) is 0 Å². The largest absolute Gasteiger partial charge is 0.468 e. The Bertz CT molecular complexity index is 666. The van der Waals surface area contributed by atoms with E-state index in [0.29, 0.717) is 0 Å².